The van der Waals surface area contributed by atoms with Gasteiger partial charge >= 0.3 is 5.97 Å². The number of nitriles is 1. The third-order valence-corrected chi connectivity index (χ3v) is 4.86. The molecule has 1 aliphatic carbocycles. The van der Waals surface area contributed by atoms with Crippen molar-refractivity contribution in [1.82, 2.24) is 5.32 Å². The van der Waals surface area contributed by atoms with Crippen molar-refractivity contribution in [3.63, 3.8) is 0 Å². The van der Waals surface area contributed by atoms with Crippen molar-refractivity contribution in [3.05, 3.63) is 21.4 Å². The van der Waals surface area contributed by atoms with E-state index in [-0.39, 0.29) is 6.61 Å². The average molecular weight is 320 g/mol. The molecule has 1 aromatic rings. The number of carbonyl (C=O) groups is 2. The van der Waals surface area contributed by atoms with Gasteiger partial charge in [0.05, 0.1) is 11.6 Å². The van der Waals surface area contributed by atoms with Gasteiger partial charge in [0.15, 0.2) is 6.61 Å². The van der Waals surface area contributed by atoms with E-state index in [0.717, 1.165) is 29.0 Å². The summed E-state index contributed by atoms with van der Waals surface area (Å²) in [5.41, 5.74) is -0.292. The van der Waals surface area contributed by atoms with E-state index in [2.05, 4.69) is 11.4 Å². The first kappa shape index (κ1) is 16.5. The molecule has 1 amide bonds. The van der Waals surface area contributed by atoms with Crippen molar-refractivity contribution < 1.29 is 14.3 Å². The second kappa shape index (κ2) is 6.93. The van der Waals surface area contributed by atoms with Crippen molar-refractivity contribution in [2.24, 2.45) is 0 Å². The van der Waals surface area contributed by atoms with Crippen LogP contribution >= 0.6 is 11.3 Å². The second-order valence-corrected chi connectivity index (χ2v) is 7.17. The van der Waals surface area contributed by atoms with Crippen LogP contribution in [0.3, 0.4) is 0 Å². The molecule has 1 fully saturated rings. The second-order valence-electron chi connectivity index (χ2n) is 5.71. The summed E-state index contributed by atoms with van der Waals surface area (Å²) in [6.45, 7) is 3.42. The number of nitrogens with one attached hydrogen (secondary N) is 1. The summed E-state index contributed by atoms with van der Waals surface area (Å²) in [6.07, 6.45) is 4.27. The van der Waals surface area contributed by atoms with Crippen LogP contribution < -0.4 is 5.32 Å². The van der Waals surface area contributed by atoms with Gasteiger partial charge in [-0.2, -0.15) is 5.26 Å². The fraction of sp³-hybridized carbons (Fsp3) is 0.562. The highest BCUT2D eigenvalue weighted by Crippen LogP contribution is 2.27. The molecule has 1 N–H and O–H groups in total. The molecule has 6 heteroatoms. The molecule has 0 atom stereocenters. The van der Waals surface area contributed by atoms with E-state index in [1.165, 1.54) is 11.3 Å². The molecule has 0 aliphatic heterocycles. The lowest BCUT2D eigenvalue weighted by Crippen LogP contribution is -2.50. The van der Waals surface area contributed by atoms with Crippen molar-refractivity contribution in [1.29, 1.82) is 5.26 Å². The zero-order chi connectivity index (χ0) is 16.2. The Morgan fingerprint density at radius 3 is 2.59 bits per heavy atom. The number of amides is 1. The first-order valence-corrected chi connectivity index (χ1v) is 8.24. The van der Waals surface area contributed by atoms with Gasteiger partial charge in [-0.05, 0) is 32.8 Å². The summed E-state index contributed by atoms with van der Waals surface area (Å²) in [4.78, 5) is 25.8. The highest BCUT2D eigenvalue weighted by molar-refractivity contribution is 7.12. The van der Waals surface area contributed by atoms with Crippen molar-refractivity contribution in [2.75, 3.05) is 6.61 Å². The molecule has 1 aliphatic rings. The molecule has 1 aromatic heterocycles. The lowest BCUT2D eigenvalue weighted by atomic mass is 9.83. The van der Waals surface area contributed by atoms with Gasteiger partial charge in [-0.25, -0.2) is 4.79 Å². The minimum atomic E-state index is -0.795. The number of nitrogens with zero attached hydrogens (tertiary/aromatic N) is 1. The molecule has 0 spiro atoms. The Balaban J connectivity index is 1.88. The van der Waals surface area contributed by atoms with E-state index >= 15 is 0 Å². The number of thiophene rings is 1. The van der Waals surface area contributed by atoms with Crippen LogP contribution in [0.25, 0.3) is 0 Å². The lowest BCUT2D eigenvalue weighted by Gasteiger charge is -2.31. The SMILES string of the molecule is Cc1cc(C(=O)OCC(=O)NC2(C#N)CCCCC2)c(C)s1. The van der Waals surface area contributed by atoms with Crippen LogP contribution in [0, 0.1) is 25.2 Å². The molecular formula is C16H20N2O3S. The predicted molar refractivity (Wildman–Crippen MR) is 83.6 cm³/mol. The van der Waals surface area contributed by atoms with E-state index < -0.39 is 17.4 Å². The number of rotatable bonds is 4. The van der Waals surface area contributed by atoms with E-state index in [1.807, 2.05) is 13.8 Å². The molecular weight excluding hydrogens is 300 g/mol. The minimum Gasteiger partial charge on any atom is -0.452 e. The van der Waals surface area contributed by atoms with Crippen LogP contribution in [0.1, 0.15) is 52.2 Å². The molecule has 0 aromatic carbocycles. The number of carbonyl (C=O) groups excluding carboxylic acids is 2. The Bertz CT molecular complexity index is 609. The van der Waals surface area contributed by atoms with E-state index in [1.54, 1.807) is 6.07 Å². The Morgan fingerprint density at radius 2 is 2.05 bits per heavy atom. The summed E-state index contributed by atoms with van der Waals surface area (Å²) in [5, 5.41) is 12.0. The molecule has 5 nitrogen and oxygen atoms in total. The Labute approximate surface area is 134 Å². The molecule has 0 bridgehead atoms. The number of aryl methyl sites for hydroxylation is 2. The Morgan fingerprint density at radius 1 is 1.36 bits per heavy atom. The zero-order valence-corrected chi connectivity index (χ0v) is 13.7. The molecule has 118 valence electrons. The van der Waals surface area contributed by atoms with E-state index in [4.69, 9.17) is 4.74 Å². The van der Waals surface area contributed by atoms with Gasteiger partial charge in [0.1, 0.15) is 5.54 Å². The third-order valence-electron chi connectivity index (χ3n) is 3.90. The van der Waals surface area contributed by atoms with Gasteiger partial charge in [-0.3, -0.25) is 4.79 Å². The van der Waals surface area contributed by atoms with Crippen LogP contribution in [0.4, 0.5) is 0 Å². The van der Waals surface area contributed by atoms with E-state index in [0.29, 0.717) is 18.4 Å². The largest absolute Gasteiger partial charge is 0.452 e. The first-order chi connectivity index (χ1) is 10.5. The minimum absolute atomic E-state index is 0.351. The number of ether oxygens (including phenoxy) is 1. The standard InChI is InChI=1S/C16H20N2O3S/c1-11-8-13(12(2)22-11)15(20)21-9-14(19)18-16(10-17)6-4-3-5-7-16/h8H,3-7,9H2,1-2H3,(H,18,19). The summed E-state index contributed by atoms with van der Waals surface area (Å²) >= 11 is 1.52. The van der Waals surface area contributed by atoms with Crippen LogP contribution in [-0.4, -0.2) is 24.0 Å². The molecule has 1 heterocycles. The van der Waals surface area contributed by atoms with Crippen molar-refractivity contribution >= 4 is 23.2 Å². The first-order valence-electron chi connectivity index (χ1n) is 7.42. The predicted octanol–water partition coefficient (Wildman–Crippen LogP) is 2.86. The fourth-order valence-electron chi connectivity index (χ4n) is 2.77. The number of hydrogen-bond acceptors (Lipinski definition) is 5. The zero-order valence-electron chi connectivity index (χ0n) is 12.9. The summed E-state index contributed by atoms with van der Waals surface area (Å²) in [7, 11) is 0. The number of esters is 1. The summed E-state index contributed by atoms with van der Waals surface area (Å²) in [5.74, 6) is -0.909. The smallest absolute Gasteiger partial charge is 0.339 e. The maximum Gasteiger partial charge on any atom is 0.339 e. The van der Waals surface area contributed by atoms with Gasteiger partial charge in [-0.15, -0.1) is 11.3 Å². The monoisotopic (exact) mass is 320 g/mol. The van der Waals surface area contributed by atoms with Crippen molar-refractivity contribution in [3.8, 4) is 6.07 Å². The Kier molecular flexibility index (Phi) is 5.19. The third kappa shape index (κ3) is 3.86. The molecule has 1 saturated carbocycles. The number of hydrogen-bond donors (Lipinski definition) is 1. The molecule has 2 rings (SSSR count). The van der Waals surface area contributed by atoms with E-state index in [9.17, 15) is 14.9 Å². The average Bonchev–Trinajstić information content (AvgIpc) is 2.84. The van der Waals surface area contributed by atoms with Crippen LogP contribution in [-0.2, 0) is 9.53 Å². The normalized spacial score (nSPS) is 16.6. The summed E-state index contributed by atoms with van der Waals surface area (Å²) in [6, 6.07) is 3.97. The molecule has 22 heavy (non-hydrogen) atoms. The Hall–Kier alpha value is -1.87. The van der Waals surface area contributed by atoms with Crippen LogP contribution in [0.2, 0.25) is 0 Å². The van der Waals surface area contributed by atoms with Crippen LogP contribution in [0.15, 0.2) is 6.07 Å². The van der Waals surface area contributed by atoms with Crippen LogP contribution in [0.5, 0.6) is 0 Å². The van der Waals surface area contributed by atoms with Gasteiger partial charge in [-0.1, -0.05) is 19.3 Å². The highest BCUT2D eigenvalue weighted by atomic mass is 32.1. The fourth-order valence-corrected chi connectivity index (χ4v) is 3.68. The maximum atomic E-state index is 12.0. The lowest BCUT2D eigenvalue weighted by molar-refractivity contribution is -0.125. The topological polar surface area (TPSA) is 79.2 Å². The summed E-state index contributed by atoms with van der Waals surface area (Å²) < 4.78 is 5.06. The van der Waals surface area contributed by atoms with Gasteiger partial charge in [0, 0.05) is 9.75 Å². The van der Waals surface area contributed by atoms with Gasteiger partial charge < -0.3 is 10.1 Å². The quantitative estimate of drug-likeness (QED) is 0.865. The van der Waals surface area contributed by atoms with Gasteiger partial charge in [0.25, 0.3) is 5.91 Å². The molecule has 0 radical (unpaired) electrons. The molecule has 0 unspecified atom stereocenters. The maximum absolute atomic E-state index is 12.0. The molecule has 0 saturated heterocycles. The van der Waals surface area contributed by atoms with Crippen molar-refractivity contribution in [2.45, 2.75) is 51.5 Å². The van der Waals surface area contributed by atoms with Gasteiger partial charge in [0.2, 0.25) is 0 Å². The highest BCUT2D eigenvalue weighted by Gasteiger charge is 2.33.